The van der Waals surface area contributed by atoms with Crippen LogP contribution in [0.1, 0.15) is 43.1 Å². The summed E-state index contributed by atoms with van der Waals surface area (Å²) in [7, 11) is 0. The van der Waals surface area contributed by atoms with Gasteiger partial charge in [-0.1, -0.05) is 6.07 Å². The molecule has 0 radical (unpaired) electrons. The van der Waals surface area contributed by atoms with Crippen LogP contribution in [0.5, 0.6) is 0 Å². The number of nitrogens with two attached hydrogens (primary N) is 1. The highest BCUT2D eigenvalue weighted by atomic mass is 19.3. The van der Waals surface area contributed by atoms with E-state index >= 15 is 0 Å². The summed E-state index contributed by atoms with van der Waals surface area (Å²) in [5, 5.41) is 0. The number of hydrogen-bond donors (Lipinski definition) is 1. The van der Waals surface area contributed by atoms with Crippen LogP contribution >= 0.6 is 0 Å². The summed E-state index contributed by atoms with van der Waals surface area (Å²) in [6, 6.07) is 7.86. The normalized spacial score (nSPS) is 14.3. The summed E-state index contributed by atoms with van der Waals surface area (Å²) in [6.07, 6.45) is 3.20. The third-order valence-corrected chi connectivity index (χ3v) is 5.91. The number of nitrogens with zero attached hydrogens (tertiary/aromatic N) is 5. The summed E-state index contributed by atoms with van der Waals surface area (Å²) in [6.45, 7) is 1.05. The lowest BCUT2D eigenvalue weighted by atomic mass is 10.2. The molecule has 1 aliphatic carbocycles. The second-order valence-electron chi connectivity index (χ2n) is 8.07. The number of rotatable bonds is 8. The van der Waals surface area contributed by atoms with Gasteiger partial charge in [-0.15, -0.1) is 0 Å². The predicted molar refractivity (Wildman–Crippen MR) is 114 cm³/mol. The Balaban J connectivity index is 1.60. The summed E-state index contributed by atoms with van der Waals surface area (Å²) < 4.78 is 31.0. The first-order valence-corrected chi connectivity index (χ1v) is 10.6. The number of benzene rings is 1. The van der Waals surface area contributed by atoms with Gasteiger partial charge in [-0.3, -0.25) is 14.1 Å². The van der Waals surface area contributed by atoms with Gasteiger partial charge in [0.25, 0.3) is 0 Å². The van der Waals surface area contributed by atoms with Crippen LogP contribution in [0, 0.1) is 0 Å². The van der Waals surface area contributed by atoms with Crippen LogP contribution in [-0.4, -0.2) is 30.1 Å². The molecule has 162 valence electrons. The molecule has 0 atom stereocenters. The molecule has 0 aliphatic heterocycles. The first-order chi connectivity index (χ1) is 15.1. The Bertz CT molecular complexity index is 1300. The molecule has 31 heavy (non-hydrogen) atoms. The van der Waals surface area contributed by atoms with E-state index in [0.29, 0.717) is 25.3 Å². The molecule has 3 heterocycles. The Kier molecular flexibility index (Phi) is 5.05. The minimum Gasteiger partial charge on any atom is -0.326 e. The fourth-order valence-corrected chi connectivity index (χ4v) is 4.23. The number of aryl methyl sites for hydroxylation is 1. The zero-order valence-corrected chi connectivity index (χ0v) is 17.0. The van der Waals surface area contributed by atoms with Crippen molar-refractivity contribution >= 4 is 22.1 Å². The molecule has 0 amide bonds. The minimum absolute atomic E-state index is 0.0840. The van der Waals surface area contributed by atoms with E-state index in [4.69, 9.17) is 10.7 Å². The van der Waals surface area contributed by atoms with Gasteiger partial charge in [-0.2, -0.15) is 0 Å². The van der Waals surface area contributed by atoms with Crippen molar-refractivity contribution in [1.82, 2.24) is 23.7 Å². The van der Waals surface area contributed by atoms with E-state index in [0.717, 1.165) is 40.5 Å². The molecule has 4 aromatic rings. The van der Waals surface area contributed by atoms with E-state index in [2.05, 4.69) is 4.98 Å². The van der Waals surface area contributed by atoms with Crippen molar-refractivity contribution in [3.8, 4) is 0 Å². The Hall–Kier alpha value is -3.07. The summed E-state index contributed by atoms with van der Waals surface area (Å²) in [4.78, 5) is 22.2. The largest absolute Gasteiger partial charge is 0.329 e. The summed E-state index contributed by atoms with van der Waals surface area (Å²) in [5.74, 6) is 0.666. The second kappa shape index (κ2) is 7.88. The molecule has 1 fully saturated rings. The Morgan fingerprint density at radius 3 is 2.71 bits per heavy atom. The van der Waals surface area contributed by atoms with Gasteiger partial charge in [-0.25, -0.2) is 18.6 Å². The van der Waals surface area contributed by atoms with E-state index in [1.54, 1.807) is 17.0 Å². The van der Waals surface area contributed by atoms with Gasteiger partial charge in [0.1, 0.15) is 5.82 Å². The van der Waals surface area contributed by atoms with Crippen LogP contribution in [0.3, 0.4) is 0 Å². The maximum absolute atomic E-state index is 13.2. The number of halogens is 2. The van der Waals surface area contributed by atoms with Gasteiger partial charge in [0.2, 0.25) is 6.43 Å². The number of alkyl halides is 2. The topological polar surface area (TPSA) is 83.7 Å². The van der Waals surface area contributed by atoms with Crippen molar-refractivity contribution in [2.75, 3.05) is 0 Å². The van der Waals surface area contributed by atoms with Crippen molar-refractivity contribution in [1.29, 1.82) is 0 Å². The molecule has 1 aliphatic rings. The van der Waals surface area contributed by atoms with Crippen LogP contribution in [0.4, 0.5) is 8.78 Å². The predicted octanol–water partition coefficient (Wildman–Crippen LogP) is 3.43. The van der Waals surface area contributed by atoms with Gasteiger partial charge in [-0.05, 0) is 43.0 Å². The molecule has 2 N–H and O–H groups in total. The van der Waals surface area contributed by atoms with Gasteiger partial charge in [0.05, 0.1) is 34.8 Å². The molecule has 5 rings (SSSR count). The Morgan fingerprint density at radius 1 is 1.13 bits per heavy atom. The number of hydrogen-bond acceptors (Lipinski definition) is 4. The first kappa shape index (κ1) is 19.9. The number of fused-ring (bicyclic) bond motifs is 2. The highest BCUT2D eigenvalue weighted by Gasteiger charge is 2.29. The Morgan fingerprint density at radius 2 is 1.97 bits per heavy atom. The standard InChI is InChI=1S/C22H24F2N6O/c23-20(24)2-1-9-28-17-6-3-14(11-25)10-16(17)27-21(28)13-29-19-12-26-8-7-18(19)30(22(29)31)15-4-5-15/h3,6-8,10,12,15,20H,1-2,4-5,9,11,13,25H2. The minimum atomic E-state index is -2.34. The van der Waals surface area contributed by atoms with E-state index in [1.165, 1.54) is 0 Å². The van der Waals surface area contributed by atoms with E-state index in [9.17, 15) is 13.6 Å². The monoisotopic (exact) mass is 426 g/mol. The molecule has 1 aromatic carbocycles. The lowest BCUT2D eigenvalue weighted by molar-refractivity contribution is 0.133. The smallest absolute Gasteiger partial charge is 0.326 e. The fraction of sp³-hybridized carbons (Fsp3) is 0.409. The molecule has 9 heteroatoms. The molecular formula is C22H24F2N6O. The number of aromatic nitrogens is 5. The second-order valence-corrected chi connectivity index (χ2v) is 8.07. The van der Waals surface area contributed by atoms with Crippen molar-refractivity contribution in [3.05, 3.63) is 58.5 Å². The van der Waals surface area contributed by atoms with Crippen LogP contribution in [-0.2, 0) is 19.6 Å². The van der Waals surface area contributed by atoms with Crippen LogP contribution in [0.2, 0.25) is 0 Å². The summed E-state index contributed by atoms with van der Waals surface area (Å²) in [5.41, 5.74) is 9.87. The fourth-order valence-electron chi connectivity index (χ4n) is 4.23. The van der Waals surface area contributed by atoms with Gasteiger partial charge in [0, 0.05) is 31.7 Å². The number of imidazole rings is 2. The SMILES string of the molecule is NCc1ccc2c(c1)nc(Cn1c(=O)n(C3CC3)c3ccncc31)n2CCCC(F)F. The maximum Gasteiger partial charge on any atom is 0.329 e. The maximum atomic E-state index is 13.2. The van der Waals surface area contributed by atoms with Gasteiger partial charge in [0.15, 0.2) is 0 Å². The zero-order valence-electron chi connectivity index (χ0n) is 17.0. The van der Waals surface area contributed by atoms with E-state index in [1.807, 2.05) is 33.4 Å². The molecular weight excluding hydrogens is 402 g/mol. The van der Waals surface area contributed by atoms with Crippen molar-refractivity contribution in [3.63, 3.8) is 0 Å². The third kappa shape index (κ3) is 3.63. The lowest BCUT2D eigenvalue weighted by Crippen LogP contribution is -2.25. The van der Waals surface area contributed by atoms with E-state index in [-0.39, 0.29) is 24.7 Å². The average molecular weight is 426 g/mol. The van der Waals surface area contributed by atoms with Crippen LogP contribution in [0.15, 0.2) is 41.5 Å². The van der Waals surface area contributed by atoms with Crippen molar-refractivity contribution in [2.45, 2.75) is 57.8 Å². The molecule has 1 saturated carbocycles. The molecule has 7 nitrogen and oxygen atoms in total. The summed E-state index contributed by atoms with van der Waals surface area (Å²) >= 11 is 0. The lowest BCUT2D eigenvalue weighted by Gasteiger charge is -2.10. The van der Waals surface area contributed by atoms with Gasteiger partial charge < -0.3 is 10.3 Å². The van der Waals surface area contributed by atoms with E-state index < -0.39 is 6.43 Å². The van der Waals surface area contributed by atoms with Gasteiger partial charge >= 0.3 is 5.69 Å². The van der Waals surface area contributed by atoms with Crippen molar-refractivity contribution in [2.24, 2.45) is 5.73 Å². The zero-order chi connectivity index (χ0) is 21.5. The number of pyridine rings is 1. The van der Waals surface area contributed by atoms with Crippen molar-refractivity contribution < 1.29 is 8.78 Å². The quantitative estimate of drug-likeness (QED) is 0.468. The molecule has 0 spiro atoms. The third-order valence-electron chi connectivity index (χ3n) is 5.91. The first-order valence-electron chi connectivity index (χ1n) is 10.6. The van der Waals surface area contributed by atoms with Crippen LogP contribution in [0.25, 0.3) is 22.1 Å². The van der Waals surface area contributed by atoms with Crippen LogP contribution < -0.4 is 11.4 Å². The molecule has 3 aromatic heterocycles. The highest BCUT2D eigenvalue weighted by molar-refractivity contribution is 5.77. The Labute approximate surface area is 177 Å². The molecule has 0 bridgehead atoms. The highest BCUT2D eigenvalue weighted by Crippen LogP contribution is 2.36. The molecule has 0 saturated heterocycles. The average Bonchev–Trinajstić information content (AvgIpc) is 3.48. The molecule has 0 unspecified atom stereocenters.